The number of anilines is 1. The Bertz CT molecular complexity index is 525. The maximum atomic E-state index is 4.55. The van der Waals surface area contributed by atoms with E-state index in [0.717, 1.165) is 22.5 Å². The molecule has 2 heterocycles. The van der Waals surface area contributed by atoms with Gasteiger partial charge in [0, 0.05) is 18.1 Å². The van der Waals surface area contributed by atoms with Crippen molar-refractivity contribution in [3.8, 4) is 0 Å². The summed E-state index contributed by atoms with van der Waals surface area (Å²) in [4.78, 5) is 6.69. The van der Waals surface area contributed by atoms with Crippen molar-refractivity contribution in [3.63, 3.8) is 0 Å². The fourth-order valence-electron chi connectivity index (χ4n) is 1.53. The van der Waals surface area contributed by atoms with Crippen LogP contribution in [0.2, 0.25) is 0 Å². The van der Waals surface area contributed by atoms with Crippen LogP contribution in [0.5, 0.6) is 0 Å². The van der Waals surface area contributed by atoms with Crippen molar-refractivity contribution in [1.82, 2.24) is 4.98 Å². The van der Waals surface area contributed by atoms with Gasteiger partial charge in [0.25, 0.3) is 0 Å². The molecule has 0 aromatic carbocycles. The van der Waals surface area contributed by atoms with Crippen molar-refractivity contribution >= 4 is 49.0 Å². The Balaban J connectivity index is 2.14. The van der Waals surface area contributed by atoms with Crippen LogP contribution in [0.3, 0.4) is 0 Å². The van der Waals surface area contributed by atoms with Crippen molar-refractivity contribution in [1.29, 1.82) is 0 Å². The van der Waals surface area contributed by atoms with Crippen LogP contribution in [-0.4, -0.2) is 12.0 Å². The highest BCUT2D eigenvalue weighted by molar-refractivity contribution is 9.11. The summed E-state index contributed by atoms with van der Waals surface area (Å²) < 4.78 is 2.22. The van der Waals surface area contributed by atoms with Gasteiger partial charge >= 0.3 is 0 Å². The number of aryl methyl sites for hydroxylation is 1. The monoisotopic (exact) mass is 374 g/mol. The molecule has 0 saturated heterocycles. The van der Waals surface area contributed by atoms with Crippen LogP contribution in [0.25, 0.3) is 0 Å². The van der Waals surface area contributed by atoms with E-state index in [1.165, 1.54) is 9.35 Å². The van der Waals surface area contributed by atoms with Crippen molar-refractivity contribution in [2.45, 2.75) is 13.5 Å². The predicted molar refractivity (Wildman–Crippen MR) is 80.8 cm³/mol. The lowest BCUT2D eigenvalue weighted by Gasteiger charge is -2.18. The van der Waals surface area contributed by atoms with Gasteiger partial charge in [-0.05, 0) is 67.9 Å². The van der Waals surface area contributed by atoms with Crippen LogP contribution in [-0.2, 0) is 6.54 Å². The lowest BCUT2D eigenvalue weighted by Crippen LogP contribution is -2.17. The molecular weight excluding hydrogens is 364 g/mol. The first kappa shape index (κ1) is 13.1. The third-order valence-corrected chi connectivity index (χ3v) is 4.83. The second-order valence-electron chi connectivity index (χ2n) is 3.85. The zero-order chi connectivity index (χ0) is 12.4. The molecule has 0 N–H and O–H groups in total. The third-order valence-electron chi connectivity index (χ3n) is 2.44. The Morgan fingerprint density at radius 2 is 2.12 bits per heavy atom. The number of hydrogen-bond donors (Lipinski definition) is 0. The molecule has 0 atom stereocenters. The molecule has 0 saturated carbocycles. The molecule has 0 aliphatic rings. The quantitative estimate of drug-likeness (QED) is 0.778. The summed E-state index contributed by atoms with van der Waals surface area (Å²) in [5, 5.41) is 2.16. The van der Waals surface area contributed by atoms with E-state index in [0.29, 0.717) is 0 Å². The van der Waals surface area contributed by atoms with Gasteiger partial charge in [0.15, 0.2) is 0 Å². The van der Waals surface area contributed by atoms with Crippen LogP contribution < -0.4 is 4.90 Å². The van der Waals surface area contributed by atoms with E-state index < -0.39 is 0 Å². The first-order chi connectivity index (χ1) is 8.06. The molecule has 0 radical (unpaired) electrons. The highest BCUT2D eigenvalue weighted by Gasteiger charge is 2.06. The van der Waals surface area contributed by atoms with Crippen molar-refractivity contribution in [3.05, 3.63) is 43.1 Å². The van der Waals surface area contributed by atoms with Crippen LogP contribution in [0.4, 0.5) is 5.82 Å². The predicted octanol–water partition coefficient (Wildman–Crippen LogP) is 4.61. The Kier molecular flexibility index (Phi) is 4.22. The normalized spacial score (nSPS) is 10.6. The summed E-state index contributed by atoms with van der Waals surface area (Å²) in [6.45, 7) is 2.87. The van der Waals surface area contributed by atoms with E-state index in [4.69, 9.17) is 0 Å². The minimum Gasteiger partial charge on any atom is -0.355 e. The van der Waals surface area contributed by atoms with Gasteiger partial charge in [0.2, 0.25) is 0 Å². The number of aromatic nitrogens is 1. The molecule has 0 aliphatic heterocycles. The van der Waals surface area contributed by atoms with Gasteiger partial charge in [0.05, 0.1) is 9.48 Å². The Morgan fingerprint density at radius 3 is 2.71 bits per heavy atom. The van der Waals surface area contributed by atoms with E-state index in [1.807, 2.05) is 19.1 Å². The Hall–Kier alpha value is -0.390. The molecule has 2 nitrogen and oxygen atoms in total. The number of hydrogen-bond acceptors (Lipinski definition) is 3. The molecule has 2 aromatic rings. The summed E-state index contributed by atoms with van der Waals surface area (Å²) >= 11 is 8.65. The average Bonchev–Trinajstić information content (AvgIpc) is 2.68. The maximum Gasteiger partial charge on any atom is 0.128 e. The van der Waals surface area contributed by atoms with Crippen molar-refractivity contribution < 1.29 is 0 Å². The zero-order valence-electron chi connectivity index (χ0n) is 9.58. The number of thiophene rings is 1. The van der Waals surface area contributed by atoms with E-state index in [1.54, 1.807) is 11.3 Å². The van der Waals surface area contributed by atoms with Gasteiger partial charge in [-0.3, -0.25) is 0 Å². The molecule has 17 heavy (non-hydrogen) atoms. The fraction of sp³-hybridized carbons (Fsp3) is 0.250. The first-order valence-corrected chi connectivity index (χ1v) is 7.60. The summed E-state index contributed by atoms with van der Waals surface area (Å²) in [6, 6.07) is 6.21. The molecular formula is C12H12Br2N2S. The fourth-order valence-corrected chi connectivity index (χ4v) is 2.95. The molecule has 0 amide bonds. The second-order valence-corrected chi connectivity index (χ2v) is 7.00. The average molecular weight is 376 g/mol. The topological polar surface area (TPSA) is 16.1 Å². The largest absolute Gasteiger partial charge is 0.355 e. The molecule has 0 bridgehead atoms. The summed E-state index contributed by atoms with van der Waals surface area (Å²) in [5.41, 5.74) is 2.31. The molecule has 0 fully saturated rings. The number of pyridine rings is 1. The smallest absolute Gasteiger partial charge is 0.128 e. The van der Waals surface area contributed by atoms with Crippen molar-refractivity contribution in [2.75, 3.05) is 11.9 Å². The van der Waals surface area contributed by atoms with Crippen LogP contribution in [0.15, 0.2) is 31.8 Å². The van der Waals surface area contributed by atoms with E-state index in [2.05, 4.69) is 60.2 Å². The minimum absolute atomic E-state index is 0.871. The standard InChI is InChI=1S/C12H12Br2N2S/c1-8-10(13)3-4-12(15-8)16(2)6-9-5-11(14)17-7-9/h3-5,7H,6H2,1-2H3. The Labute approximate surface area is 122 Å². The zero-order valence-corrected chi connectivity index (χ0v) is 13.6. The number of nitrogens with zero attached hydrogens (tertiary/aromatic N) is 2. The maximum absolute atomic E-state index is 4.55. The van der Waals surface area contributed by atoms with Gasteiger partial charge < -0.3 is 4.90 Å². The molecule has 2 rings (SSSR count). The van der Waals surface area contributed by atoms with Gasteiger partial charge in [-0.1, -0.05) is 0 Å². The second kappa shape index (κ2) is 5.50. The number of rotatable bonds is 3. The Morgan fingerprint density at radius 1 is 1.35 bits per heavy atom. The third kappa shape index (κ3) is 3.30. The minimum atomic E-state index is 0.871. The van der Waals surface area contributed by atoms with Crippen LogP contribution in [0, 0.1) is 6.92 Å². The first-order valence-electron chi connectivity index (χ1n) is 5.13. The molecule has 0 aliphatic carbocycles. The van der Waals surface area contributed by atoms with Crippen molar-refractivity contribution in [2.24, 2.45) is 0 Å². The molecule has 5 heteroatoms. The molecule has 0 spiro atoms. The lowest BCUT2D eigenvalue weighted by molar-refractivity contribution is 0.894. The van der Waals surface area contributed by atoms with Crippen LogP contribution >= 0.6 is 43.2 Å². The van der Waals surface area contributed by atoms with E-state index >= 15 is 0 Å². The summed E-state index contributed by atoms with van der Waals surface area (Å²) in [5.74, 6) is 0.994. The highest BCUT2D eigenvalue weighted by atomic mass is 79.9. The van der Waals surface area contributed by atoms with Gasteiger partial charge in [-0.2, -0.15) is 0 Å². The van der Waals surface area contributed by atoms with E-state index in [-0.39, 0.29) is 0 Å². The van der Waals surface area contributed by atoms with E-state index in [9.17, 15) is 0 Å². The van der Waals surface area contributed by atoms with Gasteiger partial charge in [-0.15, -0.1) is 11.3 Å². The van der Waals surface area contributed by atoms with Gasteiger partial charge in [0.1, 0.15) is 5.82 Å². The van der Waals surface area contributed by atoms with Crippen LogP contribution in [0.1, 0.15) is 11.3 Å². The highest BCUT2D eigenvalue weighted by Crippen LogP contribution is 2.24. The molecule has 2 aromatic heterocycles. The molecule has 90 valence electrons. The summed E-state index contributed by atoms with van der Waals surface area (Å²) in [7, 11) is 2.06. The van der Waals surface area contributed by atoms with Gasteiger partial charge in [-0.25, -0.2) is 4.98 Å². The summed E-state index contributed by atoms with van der Waals surface area (Å²) in [6.07, 6.45) is 0. The number of halogens is 2. The lowest BCUT2D eigenvalue weighted by atomic mass is 10.3. The SMILES string of the molecule is Cc1nc(N(C)Cc2csc(Br)c2)ccc1Br. The molecule has 0 unspecified atom stereocenters.